The third-order valence-corrected chi connectivity index (χ3v) is 8.37. The van der Waals surface area contributed by atoms with Crippen LogP contribution < -0.4 is 21.5 Å². The van der Waals surface area contributed by atoms with Crippen LogP contribution in [-0.2, 0) is 23.1 Å². The fourth-order valence-electron chi connectivity index (χ4n) is 5.78. The van der Waals surface area contributed by atoms with Crippen molar-refractivity contribution < 1.29 is 19.4 Å². The van der Waals surface area contributed by atoms with E-state index in [4.69, 9.17) is 33.7 Å². The molecule has 2 unspecified atom stereocenters. The number of ether oxygens (including phenoxy) is 1. The molecule has 1 aromatic carbocycles. The molecule has 12 nitrogen and oxygen atoms in total. The molecule has 2 fully saturated rings. The number of rotatable bonds is 6. The number of nitrogens with zero attached hydrogens (tertiary/aromatic N) is 5. The minimum absolute atomic E-state index is 0.118. The summed E-state index contributed by atoms with van der Waals surface area (Å²) in [4.78, 5) is 49.5. The van der Waals surface area contributed by atoms with Crippen molar-refractivity contribution in [2.24, 2.45) is 12.8 Å². The quantitative estimate of drug-likeness (QED) is 0.299. The van der Waals surface area contributed by atoms with Crippen LogP contribution in [0.15, 0.2) is 41.7 Å². The van der Waals surface area contributed by atoms with E-state index in [1.54, 1.807) is 19.3 Å². The van der Waals surface area contributed by atoms with Crippen molar-refractivity contribution in [1.29, 1.82) is 0 Å². The van der Waals surface area contributed by atoms with Gasteiger partial charge in [-0.25, -0.2) is 9.97 Å². The Labute approximate surface area is 249 Å². The molecule has 2 aliphatic rings. The summed E-state index contributed by atoms with van der Waals surface area (Å²) in [5.41, 5.74) is 6.19. The van der Waals surface area contributed by atoms with Gasteiger partial charge in [0.05, 0.1) is 58.0 Å². The number of aryl methyl sites for hydroxylation is 1. The van der Waals surface area contributed by atoms with Gasteiger partial charge >= 0.3 is 0 Å². The second-order valence-electron chi connectivity index (χ2n) is 10.4. The summed E-state index contributed by atoms with van der Waals surface area (Å²) in [6.07, 6.45) is 7.74. The minimum Gasteiger partial charge on any atom is -0.506 e. The lowest BCUT2D eigenvalue weighted by Gasteiger charge is -2.38. The Morgan fingerprint density at radius 3 is 2.79 bits per heavy atom. The van der Waals surface area contributed by atoms with E-state index in [0.29, 0.717) is 35.8 Å². The molecule has 0 spiro atoms. The first-order valence-electron chi connectivity index (χ1n) is 13.3. The zero-order valence-corrected chi connectivity index (χ0v) is 24.0. The highest BCUT2D eigenvalue weighted by molar-refractivity contribution is 6.34. The standard InChI is InChI=1S/C28H27Cl2N7O5/c1-35-13-33-27-24(28(35)41)16(14-7-15(26(31)40)25(39)17(29)8-14)11-36(27)12-23(38)34-19-9-22(32-10-18(19)30)37-5-6-42-21-4-2-3-20(21)37/h7-11,13,20-21,39H,2-6,12H2,1H3,(H2,31,40)(H,32,34,38). The second-order valence-corrected chi connectivity index (χ2v) is 11.2. The maximum Gasteiger partial charge on any atom is 0.263 e. The van der Waals surface area contributed by atoms with E-state index in [-0.39, 0.29) is 50.9 Å². The fraction of sp³-hybridized carbons (Fsp3) is 0.321. The van der Waals surface area contributed by atoms with Gasteiger partial charge in [-0.3, -0.25) is 14.4 Å². The average Bonchev–Trinajstić information content (AvgIpc) is 3.58. The Balaban J connectivity index is 1.33. The molecule has 2 amide bonds. The van der Waals surface area contributed by atoms with Gasteiger partial charge in [-0.15, -0.1) is 0 Å². The molecule has 218 valence electrons. The fourth-order valence-corrected chi connectivity index (χ4v) is 6.15. The number of halogens is 2. The summed E-state index contributed by atoms with van der Waals surface area (Å²) in [5, 5.41) is 13.4. The molecule has 6 rings (SSSR count). The Bertz CT molecular complexity index is 1800. The van der Waals surface area contributed by atoms with Gasteiger partial charge in [0.2, 0.25) is 5.91 Å². The maximum absolute atomic E-state index is 13.3. The summed E-state index contributed by atoms with van der Waals surface area (Å²) in [5.74, 6) is -1.05. The van der Waals surface area contributed by atoms with Crippen LogP contribution in [0.5, 0.6) is 5.75 Å². The number of aromatic nitrogens is 4. The lowest BCUT2D eigenvalue weighted by Crippen LogP contribution is -2.49. The van der Waals surface area contributed by atoms with Gasteiger partial charge in [0, 0.05) is 31.4 Å². The van der Waals surface area contributed by atoms with Gasteiger partial charge in [0.1, 0.15) is 23.8 Å². The van der Waals surface area contributed by atoms with Crippen LogP contribution in [-0.4, -0.2) is 61.3 Å². The summed E-state index contributed by atoms with van der Waals surface area (Å²) in [6, 6.07) is 4.75. The van der Waals surface area contributed by atoms with Crippen LogP contribution in [0.4, 0.5) is 11.5 Å². The SMILES string of the molecule is Cn1cnc2c(c(-c3cc(Cl)c(O)c(C(N)=O)c3)cn2CC(=O)Nc2cc(N3CCOC4CCCC43)ncc2Cl)c1=O. The van der Waals surface area contributed by atoms with Crippen molar-refractivity contribution in [3.8, 4) is 16.9 Å². The highest BCUT2D eigenvalue weighted by Gasteiger charge is 2.37. The number of fused-ring (bicyclic) bond motifs is 2. The highest BCUT2D eigenvalue weighted by atomic mass is 35.5. The number of carbonyl (C=O) groups is 2. The predicted molar refractivity (Wildman–Crippen MR) is 158 cm³/mol. The number of amides is 2. The molecule has 4 heterocycles. The zero-order chi connectivity index (χ0) is 29.7. The summed E-state index contributed by atoms with van der Waals surface area (Å²) in [6.45, 7) is 1.10. The monoisotopic (exact) mass is 611 g/mol. The van der Waals surface area contributed by atoms with E-state index in [0.717, 1.165) is 19.3 Å². The molecule has 1 aliphatic carbocycles. The summed E-state index contributed by atoms with van der Waals surface area (Å²) >= 11 is 12.6. The van der Waals surface area contributed by atoms with E-state index in [2.05, 4.69) is 20.2 Å². The predicted octanol–water partition coefficient (Wildman–Crippen LogP) is 3.30. The van der Waals surface area contributed by atoms with Crippen molar-refractivity contribution >= 4 is 57.6 Å². The maximum atomic E-state index is 13.3. The number of carbonyl (C=O) groups excluding carboxylic acids is 2. The van der Waals surface area contributed by atoms with Crippen molar-refractivity contribution in [3.63, 3.8) is 0 Å². The molecule has 2 atom stereocenters. The minimum atomic E-state index is -0.889. The Morgan fingerprint density at radius 2 is 2.00 bits per heavy atom. The molecule has 0 bridgehead atoms. The lowest BCUT2D eigenvalue weighted by atomic mass is 10.0. The van der Waals surface area contributed by atoms with E-state index >= 15 is 0 Å². The van der Waals surface area contributed by atoms with Crippen LogP contribution in [0.3, 0.4) is 0 Å². The number of anilines is 2. The number of morpholine rings is 1. The molecule has 4 N–H and O–H groups in total. The van der Waals surface area contributed by atoms with E-state index < -0.39 is 17.6 Å². The van der Waals surface area contributed by atoms with Crippen molar-refractivity contribution in [3.05, 3.63) is 62.9 Å². The molecule has 1 saturated carbocycles. The molecule has 4 aromatic rings. The van der Waals surface area contributed by atoms with Gasteiger partial charge in [-0.2, -0.15) is 0 Å². The zero-order valence-electron chi connectivity index (χ0n) is 22.5. The smallest absolute Gasteiger partial charge is 0.263 e. The first-order chi connectivity index (χ1) is 20.1. The first-order valence-corrected chi connectivity index (χ1v) is 14.1. The molecule has 0 radical (unpaired) electrons. The van der Waals surface area contributed by atoms with Crippen molar-refractivity contribution in [2.75, 3.05) is 23.4 Å². The third kappa shape index (κ3) is 4.95. The molecule has 14 heteroatoms. The highest BCUT2D eigenvalue weighted by Crippen LogP contribution is 2.37. The Morgan fingerprint density at radius 1 is 1.19 bits per heavy atom. The number of pyridine rings is 1. The number of phenols is 1. The molecular weight excluding hydrogens is 585 g/mol. The lowest BCUT2D eigenvalue weighted by molar-refractivity contribution is -0.116. The normalized spacial score (nSPS) is 18.3. The van der Waals surface area contributed by atoms with E-state index in [1.165, 1.54) is 33.8 Å². The number of aromatic hydroxyl groups is 1. The van der Waals surface area contributed by atoms with Crippen molar-refractivity contribution in [2.45, 2.75) is 38.0 Å². The van der Waals surface area contributed by atoms with Gasteiger partial charge in [0.15, 0.2) is 0 Å². The summed E-state index contributed by atoms with van der Waals surface area (Å²) in [7, 11) is 1.55. The van der Waals surface area contributed by atoms with Crippen LogP contribution in [0.1, 0.15) is 29.6 Å². The number of hydrogen-bond donors (Lipinski definition) is 3. The van der Waals surface area contributed by atoms with Gasteiger partial charge in [0.25, 0.3) is 11.5 Å². The first kappa shape index (κ1) is 28.0. The van der Waals surface area contributed by atoms with E-state index in [9.17, 15) is 19.5 Å². The van der Waals surface area contributed by atoms with Crippen molar-refractivity contribution in [1.82, 2.24) is 19.1 Å². The molecule has 42 heavy (non-hydrogen) atoms. The van der Waals surface area contributed by atoms with Crippen LogP contribution in [0.2, 0.25) is 10.0 Å². The van der Waals surface area contributed by atoms with Gasteiger partial charge in [-0.05, 0) is 37.0 Å². The average molecular weight is 612 g/mol. The van der Waals surface area contributed by atoms with Crippen LogP contribution in [0.25, 0.3) is 22.2 Å². The van der Waals surface area contributed by atoms with Gasteiger partial charge in [-0.1, -0.05) is 23.2 Å². The number of nitrogens with two attached hydrogens (primary N) is 1. The summed E-state index contributed by atoms with van der Waals surface area (Å²) < 4.78 is 8.73. The number of nitrogens with one attached hydrogen (secondary N) is 1. The topological polar surface area (TPSA) is 158 Å². The Kier molecular flexibility index (Phi) is 7.29. The van der Waals surface area contributed by atoms with Gasteiger partial charge < -0.3 is 34.9 Å². The molecule has 1 saturated heterocycles. The van der Waals surface area contributed by atoms with Crippen LogP contribution in [0, 0.1) is 0 Å². The van der Waals surface area contributed by atoms with E-state index in [1.807, 2.05) is 0 Å². The molecular formula is C28H27Cl2N7O5. The Hall–Kier alpha value is -4.13. The largest absolute Gasteiger partial charge is 0.506 e. The number of primary amides is 1. The third-order valence-electron chi connectivity index (χ3n) is 7.78. The number of hydrogen-bond acceptors (Lipinski definition) is 8. The molecule has 1 aliphatic heterocycles. The number of benzene rings is 1. The van der Waals surface area contributed by atoms with Crippen LogP contribution >= 0.6 is 23.2 Å². The molecule has 3 aromatic heterocycles. The second kappa shape index (κ2) is 10.9.